The molecule has 1 atom stereocenters. The van der Waals surface area contributed by atoms with Gasteiger partial charge in [0.15, 0.2) is 0 Å². The van der Waals surface area contributed by atoms with E-state index in [1.54, 1.807) is 0 Å². The van der Waals surface area contributed by atoms with Gasteiger partial charge in [-0.25, -0.2) is 0 Å². The van der Waals surface area contributed by atoms with Gasteiger partial charge < -0.3 is 5.32 Å². The summed E-state index contributed by atoms with van der Waals surface area (Å²) >= 11 is 0. The maximum atomic E-state index is 12.6. The van der Waals surface area contributed by atoms with Gasteiger partial charge in [0, 0.05) is 30.4 Å². The van der Waals surface area contributed by atoms with E-state index in [9.17, 15) is 4.79 Å². The van der Waals surface area contributed by atoms with Crippen molar-refractivity contribution in [3.05, 3.63) is 72.4 Å². The Morgan fingerprint density at radius 1 is 1.08 bits per heavy atom. The standard InChI is InChI=1S/C22H23N3O/c26-22(24-20-11-2-1-3-12-20)19-10-6-14-25(16-19)15-18-8-4-7-17-9-5-13-23-21(17)18/h1-5,7-9,11-13,19H,6,10,14-16H2,(H,24,26). The van der Waals surface area contributed by atoms with Crippen LogP contribution in [0.25, 0.3) is 10.9 Å². The van der Waals surface area contributed by atoms with Gasteiger partial charge in [0.1, 0.15) is 0 Å². The lowest BCUT2D eigenvalue weighted by atomic mass is 9.96. The molecule has 0 bridgehead atoms. The van der Waals surface area contributed by atoms with E-state index < -0.39 is 0 Å². The first kappa shape index (κ1) is 16.7. The molecular weight excluding hydrogens is 322 g/mol. The number of anilines is 1. The van der Waals surface area contributed by atoms with E-state index >= 15 is 0 Å². The normalized spacial score (nSPS) is 17.9. The summed E-state index contributed by atoms with van der Waals surface area (Å²) in [6, 6.07) is 20.1. The van der Waals surface area contributed by atoms with Crippen LogP contribution in [0.15, 0.2) is 66.9 Å². The average Bonchev–Trinajstić information content (AvgIpc) is 2.69. The second kappa shape index (κ2) is 7.67. The zero-order valence-electron chi connectivity index (χ0n) is 14.8. The Hall–Kier alpha value is -2.72. The van der Waals surface area contributed by atoms with E-state index in [0.717, 1.165) is 43.7 Å². The lowest BCUT2D eigenvalue weighted by molar-refractivity contribution is -0.121. The number of hydrogen-bond donors (Lipinski definition) is 1. The summed E-state index contributed by atoms with van der Waals surface area (Å²) in [4.78, 5) is 19.6. The van der Waals surface area contributed by atoms with Crippen molar-refractivity contribution in [1.29, 1.82) is 0 Å². The first-order valence-electron chi connectivity index (χ1n) is 9.20. The number of benzene rings is 2. The highest BCUT2D eigenvalue weighted by atomic mass is 16.1. The van der Waals surface area contributed by atoms with Crippen LogP contribution >= 0.6 is 0 Å². The van der Waals surface area contributed by atoms with Crippen LogP contribution in [0.1, 0.15) is 18.4 Å². The van der Waals surface area contributed by atoms with E-state index in [0.29, 0.717) is 0 Å². The highest BCUT2D eigenvalue weighted by molar-refractivity contribution is 5.92. The van der Waals surface area contributed by atoms with Gasteiger partial charge in [-0.05, 0) is 43.1 Å². The molecule has 0 aliphatic carbocycles. The molecule has 1 aliphatic rings. The Balaban J connectivity index is 1.44. The van der Waals surface area contributed by atoms with Crippen LogP contribution in [0.3, 0.4) is 0 Å². The SMILES string of the molecule is O=C(Nc1ccccc1)C1CCCN(Cc2cccc3cccnc23)C1. The van der Waals surface area contributed by atoms with Gasteiger partial charge in [0.25, 0.3) is 0 Å². The maximum absolute atomic E-state index is 12.6. The van der Waals surface area contributed by atoms with Crippen LogP contribution in [0.2, 0.25) is 0 Å². The molecule has 1 amide bonds. The van der Waals surface area contributed by atoms with Gasteiger partial charge in [0.2, 0.25) is 5.91 Å². The quantitative estimate of drug-likeness (QED) is 0.775. The van der Waals surface area contributed by atoms with Crippen molar-refractivity contribution in [2.24, 2.45) is 5.92 Å². The third-order valence-corrected chi connectivity index (χ3v) is 5.03. The lowest BCUT2D eigenvalue weighted by Crippen LogP contribution is -2.40. The van der Waals surface area contributed by atoms with Crippen LogP contribution in [0.5, 0.6) is 0 Å². The van der Waals surface area contributed by atoms with Gasteiger partial charge in [-0.3, -0.25) is 14.7 Å². The summed E-state index contributed by atoms with van der Waals surface area (Å²) in [5, 5.41) is 4.21. The first-order valence-corrected chi connectivity index (χ1v) is 9.20. The molecule has 0 saturated carbocycles. The Bertz CT molecular complexity index is 889. The van der Waals surface area contributed by atoms with Gasteiger partial charge in [-0.2, -0.15) is 0 Å². The maximum Gasteiger partial charge on any atom is 0.228 e. The molecule has 3 aromatic rings. The van der Waals surface area contributed by atoms with Crippen molar-refractivity contribution in [2.45, 2.75) is 19.4 Å². The number of nitrogens with zero attached hydrogens (tertiary/aromatic N) is 2. The molecule has 2 aromatic carbocycles. The molecule has 2 heterocycles. The van der Waals surface area contributed by atoms with Gasteiger partial charge in [0.05, 0.1) is 11.4 Å². The van der Waals surface area contributed by atoms with E-state index in [1.165, 1.54) is 10.9 Å². The molecule has 0 radical (unpaired) electrons. The third-order valence-electron chi connectivity index (χ3n) is 5.03. The third kappa shape index (κ3) is 3.75. The summed E-state index contributed by atoms with van der Waals surface area (Å²) in [5.41, 5.74) is 3.16. The van der Waals surface area contributed by atoms with Crippen molar-refractivity contribution in [2.75, 3.05) is 18.4 Å². The zero-order chi connectivity index (χ0) is 17.8. The molecule has 1 saturated heterocycles. The largest absolute Gasteiger partial charge is 0.326 e. The number of carbonyl (C=O) groups is 1. The predicted octanol–water partition coefficient (Wildman–Crippen LogP) is 4.09. The van der Waals surface area contributed by atoms with E-state index in [4.69, 9.17) is 0 Å². The lowest BCUT2D eigenvalue weighted by Gasteiger charge is -2.32. The molecule has 1 unspecified atom stereocenters. The number of rotatable bonds is 4. The number of fused-ring (bicyclic) bond motifs is 1. The molecule has 1 aliphatic heterocycles. The molecule has 1 fully saturated rings. The van der Waals surface area contributed by atoms with E-state index in [2.05, 4.69) is 39.5 Å². The molecule has 4 nitrogen and oxygen atoms in total. The van der Waals surface area contributed by atoms with Crippen LogP contribution in [-0.4, -0.2) is 28.9 Å². The number of likely N-dealkylation sites (tertiary alicyclic amines) is 1. The molecule has 1 N–H and O–H groups in total. The first-order chi connectivity index (χ1) is 12.8. The summed E-state index contributed by atoms with van der Waals surface area (Å²) in [6.45, 7) is 2.66. The molecular formula is C22H23N3O. The Morgan fingerprint density at radius 2 is 1.92 bits per heavy atom. The van der Waals surface area contributed by atoms with Gasteiger partial charge in [-0.15, -0.1) is 0 Å². The monoisotopic (exact) mass is 345 g/mol. The number of hydrogen-bond acceptors (Lipinski definition) is 3. The van der Waals surface area contributed by atoms with Gasteiger partial charge in [-0.1, -0.05) is 42.5 Å². The molecule has 4 heteroatoms. The second-order valence-corrected chi connectivity index (χ2v) is 6.92. The zero-order valence-corrected chi connectivity index (χ0v) is 14.8. The second-order valence-electron chi connectivity index (χ2n) is 6.92. The van der Waals surface area contributed by atoms with Gasteiger partial charge >= 0.3 is 0 Å². The fraction of sp³-hybridized carbons (Fsp3) is 0.273. The van der Waals surface area contributed by atoms with Crippen LogP contribution in [-0.2, 0) is 11.3 Å². The Labute approximate surface area is 153 Å². The fourth-order valence-corrected chi connectivity index (χ4v) is 3.71. The number of aromatic nitrogens is 1. The number of amides is 1. The van der Waals surface area contributed by atoms with Crippen LogP contribution < -0.4 is 5.32 Å². The number of nitrogens with one attached hydrogen (secondary N) is 1. The van der Waals surface area contributed by atoms with E-state index in [-0.39, 0.29) is 11.8 Å². The Kier molecular flexibility index (Phi) is 4.93. The summed E-state index contributed by atoms with van der Waals surface area (Å²) < 4.78 is 0. The highest BCUT2D eigenvalue weighted by Gasteiger charge is 2.26. The molecule has 26 heavy (non-hydrogen) atoms. The van der Waals surface area contributed by atoms with Crippen LogP contribution in [0, 0.1) is 5.92 Å². The minimum Gasteiger partial charge on any atom is -0.326 e. The Morgan fingerprint density at radius 3 is 2.81 bits per heavy atom. The number of carbonyl (C=O) groups excluding carboxylic acids is 1. The summed E-state index contributed by atoms with van der Waals surface area (Å²) in [7, 11) is 0. The minimum atomic E-state index is 0.0342. The van der Waals surface area contributed by atoms with Crippen molar-refractivity contribution < 1.29 is 4.79 Å². The minimum absolute atomic E-state index is 0.0342. The number of piperidine rings is 1. The fourth-order valence-electron chi connectivity index (χ4n) is 3.71. The molecule has 4 rings (SSSR count). The highest BCUT2D eigenvalue weighted by Crippen LogP contribution is 2.23. The van der Waals surface area contributed by atoms with Crippen molar-refractivity contribution in [3.8, 4) is 0 Å². The average molecular weight is 345 g/mol. The number of pyridine rings is 1. The summed E-state index contributed by atoms with van der Waals surface area (Å²) in [5.74, 6) is 0.156. The van der Waals surface area contributed by atoms with Crippen molar-refractivity contribution in [3.63, 3.8) is 0 Å². The smallest absolute Gasteiger partial charge is 0.228 e. The number of para-hydroxylation sites is 2. The molecule has 1 aromatic heterocycles. The molecule has 132 valence electrons. The molecule has 0 spiro atoms. The topological polar surface area (TPSA) is 45.2 Å². The summed E-state index contributed by atoms with van der Waals surface area (Å²) in [6.07, 6.45) is 3.84. The van der Waals surface area contributed by atoms with E-state index in [1.807, 2.05) is 42.6 Å². The predicted molar refractivity (Wildman–Crippen MR) is 105 cm³/mol. The van der Waals surface area contributed by atoms with Crippen molar-refractivity contribution in [1.82, 2.24) is 9.88 Å². The van der Waals surface area contributed by atoms with Crippen molar-refractivity contribution >= 4 is 22.5 Å². The van der Waals surface area contributed by atoms with Crippen LogP contribution in [0.4, 0.5) is 5.69 Å².